The zero-order valence-electron chi connectivity index (χ0n) is 19.6. The summed E-state index contributed by atoms with van der Waals surface area (Å²) in [5.41, 5.74) is 2.40. The first-order valence-electron chi connectivity index (χ1n) is 11.4. The van der Waals surface area contributed by atoms with Crippen LogP contribution < -0.4 is 15.5 Å². The Morgan fingerprint density at radius 1 is 1.03 bits per heavy atom. The van der Waals surface area contributed by atoms with Gasteiger partial charge in [0.15, 0.2) is 5.11 Å². The molecule has 0 atom stereocenters. The van der Waals surface area contributed by atoms with Gasteiger partial charge in [-0.15, -0.1) is 0 Å². The van der Waals surface area contributed by atoms with Gasteiger partial charge in [0.05, 0.1) is 15.7 Å². The van der Waals surface area contributed by atoms with Crippen LogP contribution in [0, 0.1) is 0 Å². The number of furan rings is 1. The Hall–Kier alpha value is -2.55. The first-order chi connectivity index (χ1) is 17.3. The van der Waals surface area contributed by atoms with Crippen LogP contribution in [0.5, 0.6) is 0 Å². The molecule has 1 amide bonds. The van der Waals surface area contributed by atoms with E-state index in [2.05, 4.69) is 27.4 Å². The number of rotatable bonds is 6. The fourth-order valence-corrected chi connectivity index (χ4v) is 4.92. The summed E-state index contributed by atoms with van der Waals surface area (Å²) >= 11 is 24.0. The van der Waals surface area contributed by atoms with Crippen LogP contribution >= 0.6 is 47.0 Å². The average Bonchev–Trinajstić information content (AvgIpc) is 3.31. The third-order valence-electron chi connectivity index (χ3n) is 5.82. The number of piperazine rings is 1. The van der Waals surface area contributed by atoms with Crippen molar-refractivity contribution in [2.24, 2.45) is 0 Å². The SMILES string of the molecule is CCN1CCN(c2ccc(NC(=S)NC(=O)/C=C/c3ccc(-c4ccc(Cl)cc4Cl)o3)cc2Cl)CC1. The van der Waals surface area contributed by atoms with E-state index < -0.39 is 5.91 Å². The van der Waals surface area contributed by atoms with E-state index in [4.69, 9.17) is 51.4 Å². The Kier molecular flexibility index (Phi) is 8.93. The lowest BCUT2D eigenvalue weighted by molar-refractivity contribution is -0.115. The lowest BCUT2D eigenvalue weighted by Gasteiger charge is -2.36. The fourth-order valence-electron chi connectivity index (χ4n) is 3.90. The predicted molar refractivity (Wildman–Crippen MR) is 153 cm³/mol. The Morgan fingerprint density at radius 2 is 1.81 bits per heavy atom. The number of nitrogens with zero attached hydrogens (tertiary/aromatic N) is 2. The van der Waals surface area contributed by atoms with E-state index in [0.29, 0.717) is 37.8 Å². The third-order valence-corrected chi connectivity index (χ3v) is 6.88. The van der Waals surface area contributed by atoms with Crippen molar-refractivity contribution in [3.05, 3.63) is 75.4 Å². The van der Waals surface area contributed by atoms with Crippen LogP contribution in [0.4, 0.5) is 11.4 Å². The van der Waals surface area contributed by atoms with Crippen LogP contribution in [0.3, 0.4) is 0 Å². The number of thiocarbonyl (C=S) groups is 1. The number of likely N-dealkylation sites (N-methyl/N-ethyl adjacent to an activating group) is 1. The molecule has 2 aromatic carbocycles. The molecule has 10 heteroatoms. The van der Waals surface area contributed by atoms with Crippen molar-refractivity contribution in [2.75, 3.05) is 42.9 Å². The highest BCUT2D eigenvalue weighted by molar-refractivity contribution is 7.80. The summed E-state index contributed by atoms with van der Waals surface area (Å²) in [5.74, 6) is 0.667. The van der Waals surface area contributed by atoms with Crippen LogP contribution in [0.2, 0.25) is 15.1 Å². The molecule has 0 bridgehead atoms. The molecule has 2 N–H and O–H groups in total. The molecule has 3 aromatic rings. The molecule has 0 aliphatic carbocycles. The normalized spacial score (nSPS) is 14.3. The van der Waals surface area contributed by atoms with Crippen molar-refractivity contribution in [1.82, 2.24) is 10.2 Å². The number of carbonyl (C=O) groups excluding carboxylic acids is 1. The molecule has 1 fully saturated rings. The molecular formula is C26H25Cl3N4O2S. The quantitative estimate of drug-likeness (QED) is 0.261. The van der Waals surface area contributed by atoms with E-state index in [9.17, 15) is 4.79 Å². The minimum Gasteiger partial charge on any atom is -0.457 e. The van der Waals surface area contributed by atoms with Gasteiger partial charge >= 0.3 is 0 Å². The van der Waals surface area contributed by atoms with Crippen LogP contribution in [-0.4, -0.2) is 48.6 Å². The van der Waals surface area contributed by atoms with E-state index >= 15 is 0 Å². The minimum atomic E-state index is -0.397. The summed E-state index contributed by atoms with van der Waals surface area (Å²) in [4.78, 5) is 17.0. The number of hydrogen-bond acceptors (Lipinski definition) is 5. The van der Waals surface area contributed by atoms with Gasteiger partial charge in [-0.2, -0.15) is 0 Å². The molecule has 1 saturated heterocycles. The number of benzene rings is 2. The highest BCUT2D eigenvalue weighted by Crippen LogP contribution is 2.32. The zero-order chi connectivity index (χ0) is 25.7. The molecule has 6 nitrogen and oxygen atoms in total. The molecular weight excluding hydrogens is 539 g/mol. The monoisotopic (exact) mass is 562 g/mol. The summed E-state index contributed by atoms with van der Waals surface area (Å²) in [6.07, 6.45) is 2.89. The van der Waals surface area contributed by atoms with Gasteiger partial charge in [-0.05, 0) is 73.4 Å². The Bertz CT molecular complexity index is 1290. The summed E-state index contributed by atoms with van der Waals surface area (Å²) in [6.45, 7) is 7.14. The zero-order valence-corrected chi connectivity index (χ0v) is 22.6. The molecule has 0 spiro atoms. The van der Waals surface area contributed by atoms with E-state index in [-0.39, 0.29) is 5.11 Å². The summed E-state index contributed by atoms with van der Waals surface area (Å²) < 4.78 is 5.76. The summed E-state index contributed by atoms with van der Waals surface area (Å²) in [6, 6.07) is 14.3. The molecule has 36 heavy (non-hydrogen) atoms. The maximum Gasteiger partial charge on any atom is 0.250 e. The van der Waals surface area contributed by atoms with Crippen molar-refractivity contribution >= 4 is 75.5 Å². The Balaban J connectivity index is 1.30. The van der Waals surface area contributed by atoms with Crippen molar-refractivity contribution in [3.8, 4) is 11.3 Å². The van der Waals surface area contributed by atoms with Gasteiger partial charge in [-0.1, -0.05) is 41.7 Å². The number of nitrogens with one attached hydrogen (secondary N) is 2. The van der Waals surface area contributed by atoms with Gasteiger partial charge in [0.25, 0.3) is 0 Å². The molecule has 1 aromatic heterocycles. The van der Waals surface area contributed by atoms with Gasteiger partial charge in [-0.25, -0.2) is 0 Å². The smallest absolute Gasteiger partial charge is 0.250 e. The summed E-state index contributed by atoms with van der Waals surface area (Å²) in [5, 5.41) is 7.44. The largest absolute Gasteiger partial charge is 0.457 e. The maximum atomic E-state index is 12.3. The molecule has 0 saturated carbocycles. The van der Waals surface area contributed by atoms with Crippen LogP contribution in [0.1, 0.15) is 12.7 Å². The van der Waals surface area contributed by atoms with Crippen molar-refractivity contribution in [1.29, 1.82) is 0 Å². The number of anilines is 2. The van der Waals surface area contributed by atoms with Gasteiger partial charge in [-0.3, -0.25) is 10.1 Å². The van der Waals surface area contributed by atoms with Gasteiger partial charge in [0.1, 0.15) is 11.5 Å². The molecule has 188 valence electrons. The molecule has 1 aliphatic heterocycles. The number of amides is 1. The van der Waals surface area contributed by atoms with E-state index in [1.54, 1.807) is 36.4 Å². The van der Waals surface area contributed by atoms with Gasteiger partial charge in [0.2, 0.25) is 5.91 Å². The Labute approximate surface area is 230 Å². The average molecular weight is 564 g/mol. The molecule has 0 unspecified atom stereocenters. The van der Waals surface area contributed by atoms with Crippen LogP contribution in [0.25, 0.3) is 17.4 Å². The highest BCUT2D eigenvalue weighted by Gasteiger charge is 2.18. The van der Waals surface area contributed by atoms with Crippen LogP contribution in [-0.2, 0) is 4.79 Å². The number of carbonyl (C=O) groups is 1. The van der Waals surface area contributed by atoms with Crippen LogP contribution in [0.15, 0.2) is 59.0 Å². The van der Waals surface area contributed by atoms with Crippen molar-refractivity contribution in [2.45, 2.75) is 6.92 Å². The summed E-state index contributed by atoms with van der Waals surface area (Å²) in [7, 11) is 0. The van der Waals surface area contributed by atoms with E-state index in [1.165, 1.54) is 6.08 Å². The van der Waals surface area contributed by atoms with Crippen molar-refractivity contribution < 1.29 is 9.21 Å². The second-order valence-electron chi connectivity index (χ2n) is 8.19. The molecule has 0 radical (unpaired) electrons. The maximum absolute atomic E-state index is 12.3. The first kappa shape index (κ1) is 26.5. The Morgan fingerprint density at radius 3 is 2.50 bits per heavy atom. The predicted octanol–water partition coefficient (Wildman–Crippen LogP) is 6.58. The molecule has 1 aliphatic rings. The first-order valence-corrected chi connectivity index (χ1v) is 13.0. The molecule has 2 heterocycles. The topological polar surface area (TPSA) is 60.8 Å². The highest BCUT2D eigenvalue weighted by atomic mass is 35.5. The van der Waals surface area contributed by atoms with E-state index in [0.717, 1.165) is 38.4 Å². The van der Waals surface area contributed by atoms with Crippen molar-refractivity contribution in [3.63, 3.8) is 0 Å². The standard InChI is InChI=1S/C26H25Cl3N4O2S/c1-2-32-11-13-33(14-12-32)23-8-4-18(16-22(23)29)30-26(36)31-25(34)10-6-19-5-9-24(35-19)20-7-3-17(27)15-21(20)28/h3-10,15-16H,2,11-14H2,1H3,(H2,30,31,34,36)/b10-6+. The lowest BCUT2D eigenvalue weighted by atomic mass is 10.2. The molecule has 4 rings (SSSR count). The number of hydrogen-bond donors (Lipinski definition) is 2. The fraction of sp³-hybridized carbons (Fsp3) is 0.231. The number of halogens is 3. The minimum absolute atomic E-state index is 0.165. The second kappa shape index (κ2) is 12.1. The van der Waals surface area contributed by atoms with Gasteiger partial charge in [0, 0.05) is 48.5 Å². The second-order valence-corrected chi connectivity index (χ2v) is 9.85. The third kappa shape index (κ3) is 6.81. The van der Waals surface area contributed by atoms with E-state index in [1.807, 2.05) is 18.2 Å². The van der Waals surface area contributed by atoms with Gasteiger partial charge < -0.3 is 19.5 Å². The lowest BCUT2D eigenvalue weighted by Crippen LogP contribution is -2.46.